The van der Waals surface area contributed by atoms with E-state index in [-0.39, 0.29) is 12.3 Å². The van der Waals surface area contributed by atoms with Crippen molar-refractivity contribution in [3.8, 4) is 11.8 Å². The molecule has 0 amide bonds. The van der Waals surface area contributed by atoms with E-state index in [1.165, 1.54) is 4.80 Å². The second kappa shape index (κ2) is 6.75. The lowest BCUT2D eigenvalue weighted by Gasteiger charge is -2.03. The summed E-state index contributed by atoms with van der Waals surface area (Å²) < 4.78 is 5.28. The zero-order valence-corrected chi connectivity index (χ0v) is 13.0. The summed E-state index contributed by atoms with van der Waals surface area (Å²) in [5, 5.41) is 17.3. The van der Waals surface area contributed by atoms with Crippen molar-refractivity contribution in [2.75, 3.05) is 0 Å². The summed E-state index contributed by atoms with van der Waals surface area (Å²) in [6.45, 7) is 1.78. The van der Waals surface area contributed by atoms with Crippen LogP contribution in [-0.2, 0) is 11.3 Å². The van der Waals surface area contributed by atoms with Crippen molar-refractivity contribution in [2.24, 2.45) is 0 Å². The maximum Gasteiger partial charge on any atom is 0.361 e. The molecule has 0 aliphatic rings. The topological polar surface area (TPSA) is 80.8 Å². The first-order valence-electron chi connectivity index (χ1n) is 7.33. The molecule has 0 aliphatic heterocycles. The Morgan fingerprint density at radius 2 is 1.96 bits per heavy atom. The minimum absolute atomic E-state index is 0.0754. The van der Waals surface area contributed by atoms with Crippen LogP contribution in [0.15, 0.2) is 54.6 Å². The Balaban J connectivity index is 1.74. The van der Waals surface area contributed by atoms with Gasteiger partial charge < -0.3 is 4.74 Å². The van der Waals surface area contributed by atoms with Gasteiger partial charge in [-0.15, -0.1) is 5.10 Å². The molecule has 6 nitrogen and oxygen atoms in total. The molecule has 1 aromatic heterocycles. The van der Waals surface area contributed by atoms with Crippen LogP contribution in [0.2, 0.25) is 0 Å². The second-order valence-electron chi connectivity index (χ2n) is 5.15. The number of aromatic nitrogens is 3. The molecule has 3 aromatic rings. The van der Waals surface area contributed by atoms with Gasteiger partial charge in [-0.2, -0.15) is 15.2 Å². The summed E-state index contributed by atoms with van der Waals surface area (Å²) in [5.74, 6) is -0.544. The van der Waals surface area contributed by atoms with Crippen LogP contribution in [-0.4, -0.2) is 21.0 Å². The Morgan fingerprint density at radius 1 is 1.17 bits per heavy atom. The number of rotatable bonds is 4. The van der Waals surface area contributed by atoms with Crippen molar-refractivity contribution < 1.29 is 9.53 Å². The Bertz CT molecular complexity index is 910. The lowest BCUT2D eigenvalue weighted by molar-refractivity contribution is 0.0464. The Kier molecular flexibility index (Phi) is 4.34. The number of hydrogen-bond donors (Lipinski definition) is 0. The number of para-hydroxylation sites is 1. The van der Waals surface area contributed by atoms with Crippen LogP contribution in [0.3, 0.4) is 0 Å². The molecule has 6 heteroatoms. The molecule has 0 saturated carbocycles. The van der Waals surface area contributed by atoms with Crippen molar-refractivity contribution in [1.29, 1.82) is 5.26 Å². The number of benzene rings is 2. The molecule has 0 saturated heterocycles. The van der Waals surface area contributed by atoms with Gasteiger partial charge in [0.2, 0.25) is 0 Å². The quantitative estimate of drug-likeness (QED) is 0.691. The van der Waals surface area contributed by atoms with Gasteiger partial charge in [-0.3, -0.25) is 0 Å². The van der Waals surface area contributed by atoms with Gasteiger partial charge in [-0.05, 0) is 36.8 Å². The Morgan fingerprint density at radius 3 is 2.71 bits per heavy atom. The molecule has 0 radical (unpaired) electrons. The highest BCUT2D eigenvalue weighted by Gasteiger charge is 2.18. The molecular weight excluding hydrogens is 304 g/mol. The molecule has 3 rings (SSSR count). The molecule has 24 heavy (non-hydrogen) atoms. The number of hydrogen-bond acceptors (Lipinski definition) is 5. The van der Waals surface area contributed by atoms with Crippen LogP contribution in [0.1, 0.15) is 27.3 Å². The van der Waals surface area contributed by atoms with Gasteiger partial charge in [0.05, 0.1) is 23.0 Å². The minimum Gasteiger partial charge on any atom is -0.456 e. The van der Waals surface area contributed by atoms with Crippen molar-refractivity contribution in [1.82, 2.24) is 15.0 Å². The molecule has 0 atom stereocenters. The predicted molar refractivity (Wildman–Crippen MR) is 86.4 cm³/mol. The van der Waals surface area contributed by atoms with E-state index in [4.69, 9.17) is 10.00 Å². The van der Waals surface area contributed by atoms with E-state index in [1.807, 2.05) is 30.3 Å². The summed E-state index contributed by atoms with van der Waals surface area (Å²) in [5.41, 5.74) is 2.71. The molecule has 0 fully saturated rings. The number of esters is 1. The average Bonchev–Trinajstić information content (AvgIpc) is 3.02. The van der Waals surface area contributed by atoms with Crippen LogP contribution < -0.4 is 0 Å². The first-order valence-corrected chi connectivity index (χ1v) is 7.33. The van der Waals surface area contributed by atoms with E-state index < -0.39 is 5.97 Å². The molecule has 2 aromatic carbocycles. The summed E-state index contributed by atoms with van der Waals surface area (Å²) in [6, 6.07) is 18.3. The highest BCUT2D eigenvalue weighted by atomic mass is 16.5. The Hall–Kier alpha value is -3.46. The van der Waals surface area contributed by atoms with E-state index in [9.17, 15) is 4.79 Å². The third kappa shape index (κ3) is 3.31. The maximum atomic E-state index is 12.2. The normalized spacial score (nSPS) is 10.2. The average molecular weight is 318 g/mol. The lowest BCUT2D eigenvalue weighted by Crippen LogP contribution is -2.08. The Labute approximate surface area is 138 Å². The van der Waals surface area contributed by atoms with Crippen LogP contribution in [0, 0.1) is 18.3 Å². The van der Waals surface area contributed by atoms with Crippen molar-refractivity contribution in [3.63, 3.8) is 0 Å². The number of carbonyl (C=O) groups is 1. The van der Waals surface area contributed by atoms with Gasteiger partial charge in [-0.1, -0.05) is 30.3 Å². The third-order valence-electron chi connectivity index (χ3n) is 3.39. The smallest absolute Gasteiger partial charge is 0.361 e. The van der Waals surface area contributed by atoms with Gasteiger partial charge in [0, 0.05) is 0 Å². The fourth-order valence-corrected chi connectivity index (χ4v) is 2.19. The maximum absolute atomic E-state index is 12.2. The van der Waals surface area contributed by atoms with Crippen LogP contribution in [0.4, 0.5) is 0 Å². The first-order chi connectivity index (χ1) is 11.7. The molecule has 0 spiro atoms. The van der Waals surface area contributed by atoms with Crippen molar-refractivity contribution in [2.45, 2.75) is 13.5 Å². The fraction of sp³-hybridized carbons (Fsp3) is 0.111. The molecule has 1 heterocycles. The molecule has 0 bridgehead atoms. The molecule has 118 valence electrons. The third-order valence-corrected chi connectivity index (χ3v) is 3.39. The number of nitrogens with zero attached hydrogens (tertiary/aromatic N) is 4. The van der Waals surface area contributed by atoms with Gasteiger partial charge in [-0.25, -0.2) is 4.79 Å². The molecule has 0 aliphatic carbocycles. The van der Waals surface area contributed by atoms with E-state index in [1.54, 1.807) is 31.2 Å². The number of nitriles is 1. The second-order valence-corrected chi connectivity index (χ2v) is 5.15. The number of aryl methyl sites for hydroxylation is 1. The highest BCUT2D eigenvalue weighted by molar-refractivity contribution is 5.88. The van der Waals surface area contributed by atoms with E-state index in [0.717, 1.165) is 11.3 Å². The summed E-state index contributed by atoms with van der Waals surface area (Å²) in [7, 11) is 0. The fourth-order valence-electron chi connectivity index (χ4n) is 2.19. The molecule has 0 unspecified atom stereocenters. The monoisotopic (exact) mass is 318 g/mol. The van der Waals surface area contributed by atoms with E-state index >= 15 is 0 Å². The lowest BCUT2D eigenvalue weighted by atomic mass is 10.1. The molecule has 0 N–H and O–H groups in total. The van der Waals surface area contributed by atoms with E-state index in [2.05, 4.69) is 16.3 Å². The van der Waals surface area contributed by atoms with Crippen LogP contribution >= 0.6 is 0 Å². The zero-order valence-electron chi connectivity index (χ0n) is 13.0. The SMILES string of the molecule is Cc1nn(-c2ccccc2)nc1C(=O)OCc1cccc(C#N)c1. The van der Waals surface area contributed by atoms with Gasteiger partial charge >= 0.3 is 5.97 Å². The summed E-state index contributed by atoms with van der Waals surface area (Å²) >= 11 is 0. The summed E-state index contributed by atoms with van der Waals surface area (Å²) in [4.78, 5) is 13.6. The minimum atomic E-state index is -0.544. The predicted octanol–water partition coefficient (Wildman–Crippen LogP) is 2.80. The van der Waals surface area contributed by atoms with Gasteiger partial charge in [0.1, 0.15) is 6.61 Å². The van der Waals surface area contributed by atoms with E-state index in [0.29, 0.717) is 11.3 Å². The summed E-state index contributed by atoms with van der Waals surface area (Å²) in [6.07, 6.45) is 0. The standard InChI is InChI=1S/C18H14N4O2/c1-13-17(21-22(20-13)16-8-3-2-4-9-16)18(23)24-12-15-7-5-6-14(10-15)11-19/h2-10H,12H2,1H3. The van der Waals surface area contributed by atoms with Crippen molar-refractivity contribution in [3.05, 3.63) is 77.1 Å². The molecular formula is C18H14N4O2. The van der Waals surface area contributed by atoms with Crippen molar-refractivity contribution >= 4 is 5.97 Å². The van der Waals surface area contributed by atoms with Gasteiger partial charge in [0.15, 0.2) is 5.69 Å². The van der Waals surface area contributed by atoms with Crippen LogP contribution in [0.25, 0.3) is 5.69 Å². The highest BCUT2D eigenvalue weighted by Crippen LogP contribution is 2.11. The number of carbonyl (C=O) groups excluding carboxylic acids is 1. The van der Waals surface area contributed by atoms with Crippen LogP contribution in [0.5, 0.6) is 0 Å². The number of ether oxygens (including phenoxy) is 1. The zero-order chi connectivity index (χ0) is 16.9. The van der Waals surface area contributed by atoms with Gasteiger partial charge in [0.25, 0.3) is 0 Å². The first kappa shape index (κ1) is 15.4. The largest absolute Gasteiger partial charge is 0.456 e.